The van der Waals surface area contributed by atoms with Crippen LogP contribution in [0.15, 0.2) is 59.8 Å². The van der Waals surface area contributed by atoms with Crippen LogP contribution in [0.4, 0.5) is 0 Å². The van der Waals surface area contributed by atoms with Crippen LogP contribution in [-0.2, 0) is 6.54 Å². The van der Waals surface area contributed by atoms with E-state index in [9.17, 15) is 9.59 Å². The van der Waals surface area contributed by atoms with Gasteiger partial charge in [0, 0.05) is 25.1 Å². The van der Waals surface area contributed by atoms with Gasteiger partial charge in [-0.1, -0.05) is 51.2 Å². The second kappa shape index (κ2) is 10.9. The first-order valence-electron chi connectivity index (χ1n) is 11.9. The van der Waals surface area contributed by atoms with Crippen molar-refractivity contribution in [1.82, 2.24) is 24.3 Å². The number of carbonyl (C=O) groups excluding carboxylic acids is 1. The number of carbonyl (C=O) groups is 1. The molecule has 4 heterocycles. The Bertz CT molecular complexity index is 1410. The molecule has 0 atom stereocenters. The number of aromatic nitrogens is 4. The highest BCUT2D eigenvalue weighted by Crippen LogP contribution is 2.12. The molecule has 34 heavy (non-hydrogen) atoms. The summed E-state index contributed by atoms with van der Waals surface area (Å²) in [7, 11) is 0. The van der Waals surface area contributed by atoms with E-state index in [1.807, 2.05) is 18.2 Å². The van der Waals surface area contributed by atoms with Crippen molar-refractivity contribution in [2.75, 3.05) is 6.54 Å². The van der Waals surface area contributed by atoms with E-state index in [1.54, 1.807) is 35.3 Å². The predicted octanol–water partition coefficient (Wildman–Crippen LogP) is 3.66. The van der Waals surface area contributed by atoms with Crippen molar-refractivity contribution >= 4 is 22.6 Å². The van der Waals surface area contributed by atoms with Gasteiger partial charge in [0.1, 0.15) is 16.8 Å². The van der Waals surface area contributed by atoms with Crippen LogP contribution >= 0.6 is 0 Å². The molecule has 8 heteroatoms. The molecule has 0 aliphatic carbocycles. The zero-order chi connectivity index (χ0) is 23.9. The molecular weight excluding hydrogens is 428 g/mol. The summed E-state index contributed by atoms with van der Waals surface area (Å²) >= 11 is 0. The first-order chi connectivity index (χ1) is 16.6. The Morgan fingerprint density at radius 1 is 1.09 bits per heavy atom. The Morgan fingerprint density at radius 3 is 2.71 bits per heavy atom. The second-order valence-corrected chi connectivity index (χ2v) is 8.46. The van der Waals surface area contributed by atoms with Gasteiger partial charge in [-0.25, -0.2) is 4.98 Å². The van der Waals surface area contributed by atoms with Gasteiger partial charge in [-0.2, -0.15) is 0 Å². The Kier molecular flexibility index (Phi) is 7.47. The molecule has 0 bridgehead atoms. The standard InChI is InChI=1S/C26H30N6O2/c1-2-3-4-5-6-8-14-29-25(33)20-16-21-24(30-22-12-7-9-15-31(22)26(21)34)32(23(20)27)18-19-11-10-13-28-17-19/h7,9-13,15-17,27H,2-6,8,14,18H2,1H3,(H,29,33). The quantitative estimate of drug-likeness (QED) is 0.279. The summed E-state index contributed by atoms with van der Waals surface area (Å²) < 4.78 is 3.07. The minimum absolute atomic E-state index is 0.0176. The Labute approximate surface area is 197 Å². The average molecular weight is 459 g/mol. The summed E-state index contributed by atoms with van der Waals surface area (Å²) in [4.78, 5) is 35.1. The van der Waals surface area contributed by atoms with Gasteiger partial charge in [0.05, 0.1) is 17.5 Å². The summed E-state index contributed by atoms with van der Waals surface area (Å²) in [5.74, 6) is -0.349. The average Bonchev–Trinajstić information content (AvgIpc) is 2.86. The maximum atomic E-state index is 13.3. The van der Waals surface area contributed by atoms with Gasteiger partial charge in [0.2, 0.25) is 0 Å². The molecule has 0 fully saturated rings. The molecule has 0 aromatic carbocycles. The smallest absolute Gasteiger partial charge is 0.267 e. The van der Waals surface area contributed by atoms with Gasteiger partial charge in [-0.05, 0) is 36.2 Å². The van der Waals surface area contributed by atoms with Crippen LogP contribution in [0.2, 0.25) is 0 Å². The van der Waals surface area contributed by atoms with Crippen LogP contribution in [0, 0.1) is 5.41 Å². The van der Waals surface area contributed by atoms with E-state index in [-0.39, 0.29) is 29.1 Å². The summed E-state index contributed by atoms with van der Waals surface area (Å²) in [5, 5.41) is 12.0. The Hall–Kier alpha value is -3.81. The van der Waals surface area contributed by atoms with Crippen LogP contribution in [0.1, 0.15) is 61.4 Å². The fraction of sp³-hybridized carbons (Fsp3) is 0.346. The zero-order valence-electron chi connectivity index (χ0n) is 19.5. The SMILES string of the molecule is CCCCCCCCNC(=O)c1cc2c(=O)n3ccccc3nc2n(Cc2cccnc2)c1=N. The molecule has 0 aliphatic rings. The second-order valence-electron chi connectivity index (χ2n) is 8.46. The lowest BCUT2D eigenvalue weighted by Crippen LogP contribution is -2.35. The zero-order valence-corrected chi connectivity index (χ0v) is 19.5. The number of hydrogen-bond donors (Lipinski definition) is 2. The van der Waals surface area contributed by atoms with Crippen molar-refractivity contribution in [1.29, 1.82) is 5.41 Å². The molecular formula is C26H30N6O2. The van der Waals surface area contributed by atoms with E-state index in [4.69, 9.17) is 5.41 Å². The van der Waals surface area contributed by atoms with Crippen molar-refractivity contribution in [3.63, 3.8) is 0 Å². The molecule has 0 aliphatic heterocycles. The number of nitrogens with one attached hydrogen (secondary N) is 2. The van der Waals surface area contributed by atoms with E-state index in [0.717, 1.165) is 24.8 Å². The lowest BCUT2D eigenvalue weighted by Gasteiger charge is -2.15. The van der Waals surface area contributed by atoms with Crippen molar-refractivity contribution in [3.05, 3.63) is 82.0 Å². The van der Waals surface area contributed by atoms with E-state index >= 15 is 0 Å². The van der Waals surface area contributed by atoms with E-state index in [1.165, 1.54) is 29.7 Å². The maximum Gasteiger partial charge on any atom is 0.267 e. The topological polar surface area (TPSA) is 105 Å². The van der Waals surface area contributed by atoms with Gasteiger partial charge in [0.25, 0.3) is 11.5 Å². The Balaban J connectivity index is 1.71. The minimum atomic E-state index is -0.349. The monoisotopic (exact) mass is 458 g/mol. The summed E-state index contributed by atoms with van der Waals surface area (Å²) in [6.45, 7) is 3.00. The van der Waals surface area contributed by atoms with Gasteiger partial charge in [-0.15, -0.1) is 0 Å². The van der Waals surface area contributed by atoms with Crippen molar-refractivity contribution in [2.24, 2.45) is 0 Å². The highest BCUT2D eigenvalue weighted by atomic mass is 16.1. The fourth-order valence-corrected chi connectivity index (χ4v) is 4.09. The van der Waals surface area contributed by atoms with Crippen LogP contribution < -0.4 is 16.4 Å². The lowest BCUT2D eigenvalue weighted by molar-refractivity contribution is 0.0950. The normalized spacial score (nSPS) is 11.2. The molecule has 1 amide bonds. The maximum absolute atomic E-state index is 13.3. The number of hydrogen-bond acceptors (Lipinski definition) is 5. The van der Waals surface area contributed by atoms with Crippen molar-refractivity contribution < 1.29 is 4.79 Å². The number of amides is 1. The lowest BCUT2D eigenvalue weighted by atomic mass is 10.1. The van der Waals surface area contributed by atoms with E-state index in [2.05, 4.69) is 22.2 Å². The predicted molar refractivity (Wildman–Crippen MR) is 132 cm³/mol. The molecule has 4 rings (SSSR count). The Morgan fingerprint density at radius 2 is 1.91 bits per heavy atom. The molecule has 2 N–H and O–H groups in total. The number of pyridine rings is 3. The largest absolute Gasteiger partial charge is 0.352 e. The van der Waals surface area contributed by atoms with E-state index in [0.29, 0.717) is 23.2 Å². The number of fused-ring (bicyclic) bond motifs is 2. The van der Waals surface area contributed by atoms with Gasteiger partial charge >= 0.3 is 0 Å². The van der Waals surface area contributed by atoms with Gasteiger partial charge < -0.3 is 9.88 Å². The van der Waals surface area contributed by atoms with Gasteiger partial charge in [-0.3, -0.25) is 24.4 Å². The molecule has 4 aromatic heterocycles. The molecule has 4 aromatic rings. The van der Waals surface area contributed by atoms with E-state index < -0.39 is 0 Å². The van der Waals surface area contributed by atoms with Crippen LogP contribution in [0.5, 0.6) is 0 Å². The molecule has 0 radical (unpaired) electrons. The van der Waals surface area contributed by atoms with Crippen LogP contribution in [-0.4, -0.2) is 31.4 Å². The summed E-state index contributed by atoms with van der Waals surface area (Å²) in [6.07, 6.45) is 11.8. The minimum Gasteiger partial charge on any atom is -0.352 e. The molecule has 8 nitrogen and oxygen atoms in total. The molecule has 0 unspecified atom stereocenters. The van der Waals surface area contributed by atoms with Crippen molar-refractivity contribution in [2.45, 2.75) is 52.0 Å². The number of unbranched alkanes of at least 4 members (excludes halogenated alkanes) is 5. The third-order valence-corrected chi connectivity index (χ3v) is 5.94. The molecule has 0 saturated heterocycles. The van der Waals surface area contributed by atoms with Crippen LogP contribution in [0.3, 0.4) is 0 Å². The third kappa shape index (κ3) is 5.06. The highest BCUT2D eigenvalue weighted by Gasteiger charge is 2.17. The number of rotatable bonds is 10. The third-order valence-electron chi connectivity index (χ3n) is 5.94. The fourth-order valence-electron chi connectivity index (χ4n) is 4.09. The summed E-state index contributed by atoms with van der Waals surface area (Å²) in [5.41, 5.74) is 1.62. The van der Waals surface area contributed by atoms with Crippen LogP contribution in [0.25, 0.3) is 16.7 Å². The van der Waals surface area contributed by atoms with Crippen molar-refractivity contribution in [3.8, 4) is 0 Å². The van der Waals surface area contributed by atoms with Gasteiger partial charge in [0.15, 0.2) is 0 Å². The molecule has 176 valence electrons. The molecule has 0 saturated carbocycles. The first kappa shape index (κ1) is 23.4. The first-order valence-corrected chi connectivity index (χ1v) is 11.9. The summed E-state index contributed by atoms with van der Waals surface area (Å²) in [6, 6.07) is 10.5. The molecule has 0 spiro atoms. The number of nitrogens with zero attached hydrogens (tertiary/aromatic N) is 4. The highest BCUT2D eigenvalue weighted by molar-refractivity contribution is 5.96.